The maximum atomic E-state index is 12.1. The molecule has 2 aromatic carbocycles. The van der Waals surface area contributed by atoms with Gasteiger partial charge in [0.2, 0.25) is 0 Å². The lowest BCUT2D eigenvalue weighted by Gasteiger charge is -2.09. The normalized spacial score (nSPS) is 10.3. The summed E-state index contributed by atoms with van der Waals surface area (Å²) in [6, 6.07) is 10.2. The molecule has 2 aromatic rings. The van der Waals surface area contributed by atoms with Crippen molar-refractivity contribution in [3.8, 4) is 0 Å². The van der Waals surface area contributed by atoms with Crippen molar-refractivity contribution in [1.29, 1.82) is 0 Å². The van der Waals surface area contributed by atoms with Crippen LogP contribution < -0.4 is 5.32 Å². The van der Waals surface area contributed by atoms with Crippen LogP contribution in [0.4, 0.5) is 5.69 Å². The maximum absolute atomic E-state index is 12.1. The predicted molar refractivity (Wildman–Crippen MR) is 86.3 cm³/mol. The van der Waals surface area contributed by atoms with Gasteiger partial charge in [0.25, 0.3) is 5.91 Å². The van der Waals surface area contributed by atoms with Gasteiger partial charge in [0, 0.05) is 10.0 Å². The average Bonchev–Trinajstić information content (AvgIpc) is 2.38. The summed E-state index contributed by atoms with van der Waals surface area (Å²) in [5.74, 6) is -0.236. The number of benzene rings is 2. The predicted octanol–water partition coefficient (Wildman–Crippen LogP) is 5.77. The molecular weight excluding hydrogens is 417 g/mol. The quantitative estimate of drug-likeness (QED) is 0.652. The number of amides is 1. The molecule has 1 N–H and O–H groups in total. The molecule has 1 amide bonds. The van der Waals surface area contributed by atoms with Crippen LogP contribution in [0, 0.1) is 0 Å². The lowest BCUT2D eigenvalue weighted by Crippen LogP contribution is -2.12. The second-order valence-corrected chi connectivity index (χ2v) is 6.15. The SMILES string of the molecule is O=C(Nc1cccc(Cl)c1Br)c1ccc(Cl)c(Br)c1. The van der Waals surface area contributed by atoms with E-state index in [-0.39, 0.29) is 5.91 Å². The van der Waals surface area contributed by atoms with E-state index in [9.17, 15) is 4.79 Å². The Morgan fingerprint density at radius 2 is 1.79 bits per heavy atom. The third-order valence-electron chi connectivity index (χ3n) is 2.38. The molecule has 6 heteroatoms. The van der Waals surface area contributed by atoms with E-state index in [0.717, 1.165) is 0 Å². The van der Waals surface area contributed by atoms with Gasteiger partial charge in [-0.2, -0.15) is 0 Å². The van der Waals surface area contributed by atoms with Crippen LogP contribution in [0.25, 0.3) is 0 Å². The van der Waals surface area contributed by atoms with Crippen molar-refractivity contribution in [2.24, 2.45) is 0 Å². The second-order valence-electron chi connectivity index (χ2n) is 3.68. The number of carbonyl (C=O) groups is 1. The third-order valence-corrected chi connectivity index (χ3v) is 4.99. The molecule has 19 heavy (non-hydrogen) atoms. The van der Waals surface area contributed by atoms with Crippen LogP contribution in [0.15, 0.2) is 45.3 Å². The monoisotopic (exact) mass is 421 g/mol. The molecule has 2 rings (SSSR count). The Kier molecular flexibility index (Phi) is 4.90. The van der Waals surface area contributed by atoms with Crippen LogP contribution >= 0.6 is 55.1 Å². The van der Waals surface area contributed by atoms with Crippen LogP contribution in [-0.2, 0) is 0 Å². The lowest BCUT2D eigenvalue weighted by atomic mass is 10.2. The Balaban J connectivity index is 2.26. The molecule has 0 aliphatic carbocycles. The second kappa shape index (κ2) is 6.27. The first kappa shape index (κ1) is 14.9. The first-order valence-electron chi connectivity index (χ1n) is 5.19. The molecule has 0 radical (unpaired) electrons. The highest BCUT2D eigenvalue weighted by Gasteiger charge is 2.11. The van der Waals surface area contributed by atoms with Gasteiger partial charge in [-0.25, -0.2) is 0 Å². The third kappa shape index (κ3) is 3.51. The molecule has 0 aliphatic heterocycles. The van der Waals surface area contributed by atoms with Crippen LogP contribution in [0.3, 0.4) is 0 Å². The molecule has 0 spiro atoms. The molecule has 0 atom stereocenters. The maximum Gasteiger partial charge on any atom is 0.255 e. The minimum absolute atomic E-state index is 0.236. The first-order valence-corrected chi connectivity index (χ1v) is 7.53. The fraction of sp³-hybridized carbons (Fsp3) is 0. The van der Waals surface area contributed by atoms with E-state index < -0.39 is 0 Å². The smallest absolute Gasteiger partial charge is 0.255 e. The number of nitrogens with one attached hydrogen (secondary N) is 1. The van der Waals surface area contributed by atoms with Gasteiger partial charge in [-0.3, -0.25) is 4.79 Å². The van der Waals surface area contributed by atoms with Gasteiger partial charge in [0.1, 0.15) is 0 Å². The van der Waals surface area contributed by atoms with E-state index in [1.165, 1.54) is 0 Å². The van der Waals surface area contributed by atoms with Gasteiger partial charge in [-0.05, 0) is 62.2 Å². The van der Waals surface area contributed by atoms with Gasteiger partial charge in [0.15, 0.2) is 0 Å². The lowest BCUT2D eigenvalue weighted by molar-refractivity contribution is 0.102. The minimum atomic E-state index is -0.236. The molecule has 0 aromatic heterocycles. The molecule has 0 aliphatic rings. The van der Waals surface area contributed by atoms with Crippen LogP contribution in [-0.4, -0.2) is 5.91 Å². The highest BCUT2D eigenvalue weighted by atomic mass is 79.9. The van der Waals surface area contributed by atoms with Gasteiger partial charge < -0.3 is 5.32 Å². The molecule has 0 bridgehead atoms. The zero-order chi connectivity index (χ0) is 14.0. The van der Waals surface area contributed by atoms with Crippen LogP contribution in [0.1, 0.15) is 10.4 Å². The summed E-state index contributed by atoms with van der Waals surface area (Å²) in [6.45, 7) is 0. The molecule has 0 fully saturated rings. The molecule has 98 valence electrons. The summed E-state index contributed by atoms with van der Waals surface area (Å²) in [7, 11) is 0. The van der Waals surface area contributed by atoms with Crippen molar-refractivity contribution in [2.45, 2.75) is 0 Å². The molecule has 2 nitrogen and oxygen atoms in total. The Morgan fingerprint density at radius 3 is 2.47 bits per heavy atom. The first-order chi connectivity index (χ1) is 8.99. The number of rotatable bonds is 2. The summed E-state index contributed by atoms with van der Waals surface area (Å²) in [5.41, 5.74) is 1.12. The Bertz CT molecular complexity index is 647. The van der Waals surface area contributed by atoms with Gasteiger partial charge in [-0.1, -0.05) is 29.3 Å². The zero-order valence-corrected chi connectivity index (χ0v) is 14.1. The van der Waals surface area contributed by atoms with Crippen molar-refractivity contribution in [3.63, 3.8) is 0 Å². The summed E-state index contributed by atoms with van der Waals surface area (Å²) < 4.78 is 1.32. The van der Waals surface area contributed by atoms with E-state index in [2.05, 4.69) is 37.2 Å². The Labute approximate surface area is 137 Å². The van der Waals surface area contributed by atoms with E-state index in [0.29, 0.717) is 30.2 Å². The fourth-order valence-corrected chi connectivity index (χ4v) is 2.47. The van der Waals surface area contributed by atoms with Gasteiger partial charge >= 0.3 is 0 Å². The Hall–Kier alpha value is -0.550. The highest BCUT2D eigenvalue weighted by molar-refractivity contribution is 9.11. The zero-order valence-electron chi connectivity index (χ0n) is 9.38. The topological polar surface area (TPSA) is 29.1 Å². The molecule has 0 saturated heterocycles. The van der Waals surface area contributed by atoms with E-state index >= 15 is 0 Å². The number of carbonyl (C=O) groups excluding carboxylic acids is 1. The number of anilines is 1. The van der Waals surface area contributed by atoms with E-state index in [4.69, 9.17) is 23.2 Å². The van der Waals surface area contributed by atoms with Crippen molar-refractivity contribution < 1.29 is 4.79 Å². The number of halogens is 4. The molecule has 0 heterocycles. The van der Waals surface area contributed by atoms with Crippen LogP contribution in [0.2, 0.25) is 10.0 Å². The summed E-state index contributed by atoms with van der Waals surface area (Å²) in [5, 5.41) is 3.87. The standard InChI is InChI=1S/C13H7Br2Cl2NO/c14-8-6-7(4-5-9(8)16)13(19)18-11-3-1-2-10(17)12(11)15/h1-6H,(H,18,19). The number of hydrogen-bond donors (Lipinski definition) is 1. The summed E-state index contributed by atoms with van der Waals surface area (Å²) in [4.78, 5) is 12.1. The fourth-order valence-electron chi connectivity index (χ4n) is 1.43. The Morgan fingerprint density at radius 1 is 1.05 bits per heavy atom. The van der Waals surface area contributed by atoms with Crippen molar-refractivity contribution >= 4 is 66.7 Å². The van der Waals surface area contributed by atoms with Crippen molar-refractivity contribution in [2.75, 3.05) is 5.32 Å². The van der Waals surface area contributed by atoms with Gasteiger partial charge in [0.05, 0.1) is 20.2 Å². The summed E-state index contributed by atoms with van der Waals surface area (Å²) in [6.07, 6.45) is 0. The number of hydrogen-bond acceptors (Lipinski definition) is 1. The summed E-state index contributed by atoms with van der Waals surface area (Å²) >= 11 is 18.5. The van der Waals surface area contributed by atoms with Gasteiger partial charge in [-0.15, -0.1) is 0 Å². The van der Waals surface area contributed by atoms with E-state index in [1.807, 2.05) is 0 Å². The average molecular weight is 424 g/mol. The molecular formula is C13H7Br2Cl2NO. The molecule has 0 unspecified atom stereocenters. The molecule has 0 saturated carbocycles. The van der Waals surface area contributed by atoms with E-state index in [1.54, 1.807) is 36.4 Å². The minimum Gasteiger partial charge on any atom is -0.321 e. The largest absolute Gasteiger partial charge is 0.321 e. The highest BCUT2D eigenvalue weighted by Crippen LogP contribution is 2.30. The van der Waals surface area contributed by atoms with Crippen LogP contribution in [0.5, 0.6) is 0 Å². The van der Waals surface area contributed by atoms with Crippen molar-refractivity contribution in [1.82, 2.24) is 0 Å². The van der Waals surface area contributed by atoms with Crippen molar-refractivity contribution in [3.05, 3.63) is 61.0 Å².